The Morgan fingerprint density at radius 3 is 2.70 bits per heavy atom. The van der Waals surface area contributed by atoms with Crippen LogP contribution < -0.4 is 11.1 Å². The molecule has 0 saturated heterocycles. The van der Waals surface area contributed by atoms with Gasteiger partial charge in [-0.3, -0.25) is 4.79 Å². The van der Waals surface area contributed by atoms with E-state index in [9.17, 15) is 4.79 Å². The molecule has 0 saturated carbocycles. The van der Waals surface area contributed by atoms with E-state index in [0.29, 0.717) is 19.8 Å². The Morgan fingerprint density at radius 1 is 1.35 bits per heavy atom. The lowest BCUT2D eigenvalue weighted by Gasteiger charge is -2.19. The lowest BCUT2D eigenvalue weighted by molar-refractivity contribution is -0.125. The molecule has 0 bridgehead atoms. The van der Waals surface area contributed by atoms with E-state index in [1.165, 1.54) is 0 Å². The molecule has 0 aliphatic heterocycles. The van der Waals surface area contributed by atoms with Gasteiger partial charge in [0.25, 0.3) is 0 Å². The summed E-state index contributed by atoms with van der Waals surface area (Å²) >= 11 is 0. The SMILES string of the molecule is CC(C(=O)NCCCOCCO)C(N)c1ccccc1. The van der Waals surface area contributed by atoms with E-state index in [4.69, 9.17) is 15.6 Å². The summed E-state index contributed by atoms with van der Waals surface area (Å²) in [7, 11) is 0. The zero-order valence-electron chi connectivity index (χ0n) is 11.9. The average molecular weight is 280 g/mol. The maximum Gasteiger partial charge on any atom is 0.224 e. The van der Waals surface area contributed by atoms with Crippen molar-refractivity contribution < 1.29 is 14.6 Å². The molecule has 112 valence electrons. The Hall–Kier alpha value is -1.43. The number of ether oxygens (including phenoxy) is 1. The molecule has 0 fully saturated rings. The van der Waals surface area contributed by atoms with Crippen molar-refractivity contribution in [3.8, 4) is 0 Å². The van der Waals surface area contributed by atoms with Crippen LogP contribution in [0, 0.1) is 5.92 Å². The predicted molar refractivity (Wildman–Crippen MR) is 78.1 cm³/mol. The largest absolute Gasteiger partial charge is 0.394 e. The minimum Gasteiger partial charge on any atom is -0.394 e. The summed E-state index contributed by atoms with van der Waals surface area (Å²) in [5, 5.41) is 11.4. The summed E-state index contributed by atoms with van der Waals surface area (Å²) in [6, 6.07) is 9.31. The number of nitrogens with two attached hydrogens (primary N) is 1. The van der Waals surface area contributed by atoms with Crippen molar-refractivity contribution >= 4 is 5.91 Å². The molecule has 4 N–H and O–H groups in total. The van der Waals surface area contributed by atoms with Crippen molar-refractivity contribution in [2.24, 2.45) is 11.7 Å². The Kier molecular flexibility index (Phi) is 7.87. The van der Waals surface area contributed by atoms with Gasteiger partial charge in [-0.1, -0.05) is 37.3 Å². The van der Waals surface area contributed by atoms with E-state index in [2.05, 4.69) is 5.32 Å². The highest BCUT2D eigenvalue weighted by atomic mass is 16.5. The van der Waals surface area contributed by atoms with Crippen LogP contribution in [0.3, 0.4) is 0 Å². The molecule has 0 aliphatic rings. The van der Waals surface area contributed by atoms with Crippen molar-refractivity contribution in [2.45, 2.75) is 19.4 Å². The van der Waals surface area contributed by atoms with Gasteiger partial charge in [0.05, 0.1) is 19.1 Å². The molecule has 2 unspecified atom stereocenters. The fourth-order valence-electron chi connectivity index (χ4n) is 1.84. The predicted octanol–water partition coefficient (Wildman–Crippen LogP) is 0.838. The van der Waals surface area contributed by atoms with Gasteiger partial charge in [-0.05, 0) is 12.0 Å². The fraction of sp³-hybridized carbons (Fsp3) is 0.533. The van der Waals surface area contributed by atoms with Gasteiger partial charge in [-0.25, -0.2) is 0 Å². The lowest BCUT2D eigenvalue weighted by atomic mass is 9.95. The minimum atomic E-state index is -0.304. The van der Waals surface area contributed by atoms with Gasteiger partial charge in [0.15, 0.2) is 0 Å². The van der Waals surface area contributed by atoms with Crippen LogP contribution >= 0.6 is 0 Å². The van der Waals surface area contributed by atoms with Gasteiger partial charge in [0.2, 0.25) is 5.91 Å². The standard InChI is InChI=1S/C15H24N2O3/c1-12(14(16)13-6-3-2-4-7-13)15(19)17-8-5-10-20-11-9-18/h2-4,6-7,12,14,18H,5,8-11,16H2,1H3,(H,17,19). The van der Waals surface area contributed by atoms with Gasteiger partial charge < -0.3 is 20.9 Å². The molecule has 0 radical (unpaired) electrons. The summed E-state index contributed by atoms with van der Waals surface area (Å²) in [5.41, 5.74) is 7.06. The number of aliphatic hydroxyl groups excluding tert-OH is 1. The highest BCUT2D eigenvalue weighted by molar-refractivity contribution is 5.79. The van der Waals surface area contributed by atoms with E-state index in [1.54, 1.807) is 0 Å². The summed E-state index contributed by atoms with van der Waals surface area (Å²) in [6.45, 7) is 3.27. The molecule has 5 nitrogen and oxygen atoms in total. The first kappa shape index (κ1) is 16.6. The van der Waals surface area contributed by atoms with Crippen LogP contribution in [0.15, 0.2) is 30.3 Å². The minimum absolute atomic E-state index is 0.0231. The highest BCUT2D eigenvalue weighted by Gasteiger charge is 2.21. The van der Waals surface area contributed by atoms with E-state index in [-0.39, 0.29) is 24.5 Å². The van der Waals surface area contributed by atoms with Crippen LogP contribution in [0.4, 0.5) is 0 Å². The quantitative estimate of drug-likeness (QED) is 0.585. The molecule has 0 aliphatic carbocycles. The molecule has 0 spiro atoms. The topological polar surface area (TPSA) is 84.6 Å². The van der Waals surface area contributed by atoms with Crippen LogP contribution in [0.2, 0.25) is 0 Å². The maximum atomic E-state index is 12.0. The monoisotopic (exact) mass is 280 g/mol. The Morgan fingerprint density at radius 2 is 2.05 bits per heavy atom. The second kappa shape index (κ2) is 9.47. The van der Waals surface area contributed by atoms with Crippen molar-refractivity contribution in [1.29, 1.82) is 0 Å². The molecule has 5 heteroatoms. The van der Waals surface area contributed by atoms with E-state index in [0.717, 1.165) is 12.0 Å². The molecule has 0 heterocycles. The van der Waals surface area contributed by atoms with Crippen molar-refractivity contribution in [3.63, 3.8) is 0 Å². The van der Waals surface area contributed by atoms with Gasteiger partial charge in [-0.15, -0.1) is 0 Å². The Bertz CT molecular complexity index is 384. The number of hydrogen-bond donors (Lipinski definition) is 3. The third kappa shape index (κ3) is 5.69. The Labute approximate surface area is 120 Å². The van der Waals surface area contributed by atoms with Crippen molar-refractivity contribution in [2.75, 3.05) is 26.4 Å². The molecular formula is C15H24N2O3. The van der Waals surface area contributed by atoms with E-state index in [1.807, 2.05) is 37.3 Å². The number of benzene rings is 1. The van der Waals surface area contributed by atoms with Crippen molar-refractivity contribution in [1.82, 2.24) is 5.32 Å². The number of carbonyl (C=O) groups is 1. The van der Waals surface area contributed by atoms with Crippen molar-refractivity contribution in [3.05, 3.63) is 35.9 Å². The summed E-state index contributed by atoms with van der Waals surface area (Å²) in [6.07, 6.45) is 0.721. The first-order chi connectivity index (χ1) is 9.66. The third-order valence-electron chi connectivity index (χ3n) is 3.14. The van der Waals surface area contributed by atoms with Gasteiger partial charge >= 0.3 is 0 Å². The molecule has 1 aromatic carbocycles. The molecular weight excluding hydrogens is 256 g/mol. The number of aliphatic hydroxyl groups is 1. The number of nitrogens with one attached hydrogen (secondary N) is 1. The molecule has 20 heavy (non-hydrogen) atoms. The number of hydrogen-bond acceptors (Lipinski definition) is 4. The number of carbonyl (C=O) groups excluding carboxylic acids is 1. The summed E-state index contributed by atoms with van der Waals surface area (Å²) in [4.78, 5) is 12.0. The van der Waals surface area contributed by atoms with Crippen LogP contribution in [0.1, 0.15) is 24.9 Å². The third-order valence-corrected chi connectivity index (χ3v) is 3.14. The zero-order valence-corrected chi connectivity index (χ0v) is 11.9. The number of rotatable bonds is 9. The van der Waals surface area contributed by atoms with Gasteiger partial charge in [0.1, 0.15) is 0 Å². The maximum absolute atomic E-state index is 12.0. The smallest absolute Gasteiger partial charge is 0.224 e. The lowest BCUT2D eigenvalue weighted by Crippen LogP contribution is -2.36. The molecule has 0 aromatic heterocycles. The summed E-state index contributed by atoms with van der Waals surface area (Å²) < 4.78 is 5.12. The molecule has 1 rings (SSSR count). The Balaban J connectivity index is 2.28. The highest BCUT2D eigenvalue weighted by Crippen LogP contribution is 2.18. The fourth-order valence-corrected chi connectivity index (χ4v) is 1.84. The van der Waals surface area contributed by atoms with E-state index < -0.39 is 0 Å². The van der Waals surface area contributed by atoms with Gasteiger partial charge in [0, 0.05) is 19.2 Å². The number of amides is 1. The second-order valence-electron chi connectivity index (χ2n) is 4.71. The first-order valence-electron chi connectivity index (χ1n) is 6.93. The van der Waals surface area contributed by atoms with Gasteiger partial charge in [-0.2, -0.15) is 0 Å². The molecule has 2 atom stereocenters. The normalized spacial score (nSPS) is 13.8. The van der Waals surface area contributed by atoms with Crippen LogP contribution in [0.25, 0.3) is 0 Å². The second-order valence-corrected chi connectivity index (χ2v) is 4.71. The zero-order chi connectivity index (χ0) is 14.8. The molecule has 1 amide bonds. The van der Waals surface area contributed by atoms with Crippen LogP contribution in [-0.2, 0) is 9.53 Å². The van der Waals surface area contributed by atoms with Crippen LogP contribution in [-0.4, -0.2) is 37.4 Å². The van der Waals surface area contributed by atoms with Crippen LogP contribution in [0.5, 0.6) is 0 Å². The average Bonchev–Trinajstić information content (AvgIpc) is 2.50. The molecule has 1 aromatic rings. The first-order valence-corrected chi connectivity index (χ1v) is 6.93. The summed E-state index contributed by atoms with van der Waals surface area (Å²) in [5.74, 6) is -0.334. The van der Waals surface area contributed by atoms with E-state index >= 15 is 0 Å².